The molecule has 0 atom stereocenters. The molecule has 0 bridgehead atoms. The number of hydrogen-bond donors (Lipinski definition) is 1. The molecule has 1 heterocycles. The molecule has 0 saturated carbocycles. The van der Waals surface area contributed by atoms with Gasteiger partial charge in [-0.15, -0.1) is 12.3 Å². The minimum atomic E-state index is -3.22. The number of sulfonamides is 1. The van der Waals surface area contributed by atoms with E-state index in [0.29, 0.717) is 25.8 Å². The van der Waals surface area contributed by atoms with Crippen LogP contribution in [0, 0.1) is 12.3 Å². The summed E-state index contributed by atoms with van der Waals surface area (Å²) in [5.41, 5.74) is 0.779. The van der Waals surface area contributed by atoms with E-state index in [4.69, 9.17) is 6.42 Å². The summed E-state index contributed by atoms with van der Waals surface area (Å²) in [6.07, 6.45) is 8.41. The van der Waals surface area contributed by atoms with Gasteiger partial charge in [-0.25, -0.2) is 13.1 Å². The van der Waals surface area contributed by atoms with Crippen molar-refractivity contribution < 1.29 is 8.42 Å². The number of nitrogens with zero attached hydrogens (tertiary/aromatic N) is 1. The van der Waals surface area contributed by atoms with E-state index in [1.54, 1.807) is 12.3 Å². The summed E-state index contributed by atoms with van der Waals surface area (Å²) < 4.78 is 25.7. The Morgan fingerprint density at radius 2 is 2.24 bits per heavy atom. The van der Waals surface area contributed by atoms with Crippen molar-refractivity contribution in [3.8, 4) is 12.3 Å². The number of aryl methyl sites for hydroxylation is 1. The highest BCUT2D eigenvalue weighted by Crippen LogP contribution is 1.97. The summed E-state index contributed by atoms with van der Waals surface area (Å²) in [6, 6.07) is 5.46. The van der Waals surface area contributed by atoms with Crippen LogP contribution in [-0.4, -0.2) is 25.7 Å². The van der Waals surface area contributed by atoms with Gasteiger partial charge in [0.15, 0.2) is 0 Å². The molecule has 1 aromatic heterocycles. The number of unbranched alkanes of at least 4 members (excludes halogenated alkanes) is 1. The second-order valence-electron chi connectivity index (χ2n) is 3.59. The first kappa shape index (κ1) is 13.7. The monoisotopic (exact) mass is 252 g/mol. The van der Waals surface area contributed by atoms with Crippen LogP contribution in [-0.2, 0) is 16.4 Å². The van der Waals surface area contributed by atoms with Gasteiger partial charge in [-0.05, 0) is 18.6 Å². The molecule has 17 heavy (non-hydrogen) atoms. The first-order chi connectivity index (χ1) is 8.14. The third kappa shape index (κ3) is 6.05. The molecule has 0 aromatic carbocycles. The van der Waals surface area contributed by atoms with Crippen molar-refractivity contribution in [3.63, 3.8) is 0 Å². The molecule has 0 radical (unpaired) electrons. The average molecular weight is 252 g/mol. The fraction of sp³-hybridized carbons (Fsp3) is 0.417. The normalized spacial score (nSPS) is 11.0. The largest absolute Gasteiger partial charge is 0.261 e. The van der Waals surface area contributed by atoms with Crippen molar-refractivity contribution in [1.29, 1.82) is 0 Å². The van der Waals surface area contributed by atoms with Gasteiger partial charge >= 0.3 is 0 Å². The first-order valence-electron chi connectivity index (χ1n) is 5.45. The van der Waals surface area contributed by atoms with Crippen LogP contribution in [0.15, 0.2) is 24.4 Å². The molecular formula is C12H16N2O2S. The summed E-state index contributed by atoms with van der Waals surface area (Å²) in [6.45, 7) is 0.398. The van der Waals surface area contributed by atoms with Gasteiger partial charge in [-0.3, -0.25) is 4.98 Å². The Morgan fingerprint density at radius 1 is 1.41 bits per heavy atom. The standard InChI is InChI=1S/C12H16N2O2S/c1-2-3-5-10-14-17(15,16)11-8-12-7-4-6-9-13-12/h1,4,6-7,9,14H,3,5,8,10-11H2. The zero-order valence-electron chi connectivity index (χ0n) is 9.59. The second kappa shape index (κ2) is 7.05. The Bertz CT molecular complexity index is 463. The topological polar surface area (TPSA) is 59.1 Å². The Balaban J connectivity index is 2.33. The van der Waals surface area contributed by atoms with Gasteiger partial charge in [0.1, 0.15) is 0 Å². The fourth-order valence-electron chi connectivity index (χ4n) is 1.28. The van der Waals surface area contributed by atoms with Crippen LogP contribution in [0.5, 0.6) is 0 Å². The molecule has 0 amide bonds. The highest BCUT2D eigenvalue weighted by molar-refractivity contribution is 7.89. The Morgan fingerprint density at radius 3 is 2.88 bits per heavy atom. The van der Waals surface area contributed by atoms with Crippen LogP contribution in [0.3, 0.4) is 0 Å². The first-order valence-corrected chi connectivity index (χ1v) is 7.10. The molecule has 1 aromatic rings. The molecule has 4 nitrogen and oxygen atoms in total. The van der Waals surface area contributed by atoms with Crippen molar-refractivity contribution >= 4 is 10.0 Å². The minimum absolute atomic E-state index is 0.0556. The number of nitrogens with one attached hydrogen (secondary N) is 1. The Labute approximate surface area is 103 Å². The third-order valence-corrected chi connectivity index (χ3v) is 3.56. The van der Waals surface area contributed by atoms with Crippen molar-refractivity contribution in [2.24, 2.45) is 0 Å². The molecule has 0 unspecified atom stereocenters. The maximum absolute atomic E-state index is 11.6. The summed E-state index contributed by atoms with van der Waals surface area (Å²) in [4.78, 5) is 4.07. The lowest BCUT2D eigenvalue weighted by Gasteiger charge is -2.05. The van der Waals surface area contributed by atoms with E-state index >= 15 is 0 Å². The van der Waals surface area contributed by atoms with E-state index in [1.807, 2.05) is 12.1 Å². The van der Waals surface area contributed by atoms with Crippen LogP contribution < -0.4 is 4.72 Å². The molecule has 5 heteroatoms. The van der Waals surface area contributed by atoms with E-state index in [-0.39, 0.29) is 5.75 Å². The molecule has 1 rings (SSSR count). The van der Waals surface area contributed by atoms with Gasteiger partial charge < -0.3 is 0 Å². The van der Waals surface area contributed by atoms with Crippen LogP contribution in [0.25, 0.3) is 0 Å². The van der Waals surface area contributed by atoms with Gasteiger partial charge in [-0.2, -0.15) is 0 Å². The summed E-state index contributed by atoms with van der Waals surface area (Å²) in [5.74, 6) is 2.52. The molecule has 0 aliphatic carbocycles. The zero-order chi connectivity index (χ0) is 12.6. The quantitative estimate of drug-likeness (QED) is 0.581. The summed E-state index contributed by atoms with van der Waals surface area (Å²) in [5, 5.41) is 0. The number of hydrogen-bond acceptors (Lipinski definition) is 3. The van der Waals surface area contributed by atoms with Crippen molar-refractivity contribution in [3.05, 3.63) is 30.1 Å². The molecule has 92 valence electrons. The SMILES string of the molecule is C#CCCCNS(=O)(=O)CCc1ccccn1. The lowest BCUT2D eigenvalue weighted by Crippen LogP contribution is -2.28. The van der Waals surface area contributed by atoms with Crippen LogP contribution in [0.2, 0.25) is 0 Å². The summed E-state index contributed by atoms with van der Waals surface area (Å²) in [7, 11) is -3.22. The summed E-state index contributed by atoms with van der Waals surface area (Å²) >= 11 is 0. The lowest BCUT2D eigenvalue weighted by molar-refractivity contribution is 0.578. The molecule has 0 spiro atoms. The minimum Gasteiger partial charge on any atom is -0.261 e. The maximum atomic E-state index is 11.6. The third-order valence-electron chi connectivity index (χ3n) is 2.17. The van der Waals surface area contributed by atoms with Crippen LogP contribution in [0.1, 0.15) is 18.5 Å². The van der Waals surface area contributed by atoms with Crippen molar-refractivity contribution in [2.45, 2.75) is 19.3 Å². The molecule has 0 saturated heterocycles. The van der Waals surface area contributed by atoms with Crippen molar-refractivity contribution in [2.75, 3.05) is 12.3 Å². The number of aromatic nitrogens is 1. The Hall–Kier alpha value is -1.38. The molecule has 0 aliphatic heterocycles. The number of rotatable bonds is 7. The van der Waals surface area contributed by atoms with E-state index in [0.717, 1.165) is 5.69 Å². The van der Waals surface area contributed by atoms with E-state index < -0.39 is 10.0 Å². The zero-order valence-corrected chi connectivity index (χ0v) is 10.4. The number of terminal acetylenes is 1. The van der Waals surface area contributed by atoms with Crippen LogP contribution in [0.4, 0.5) is 0 Å². The van der Waals surface area contributed by atoms with Gasteiger partial charge in [0.2, 0.25) is 10.0 Å². The highest BCUT2D eigenvalue weighted by atomic mass is 32.2. The molecule has 0 aliphatic rings. The van der Waals surface area contributed by atoms with Gasteiger partial charge in [0, 0.05) is 31.3 Å². The van der Waals surface area contributed by atoms with Gasteiger partial charge in [0.05, 0.1) is 5.75 Å². The highest BCUT2D eigenvalue weighted by Gasteiger charge is 2.09. The van der Waals surface area contributed by atoms with Gasteiger partial charge in [-0.1, -0.05) is 6.07 Å². The van der Waals surface area contributed by atoms with E-state index in [9.17, 15) is 8.42 Å². The predicted octanol–water partition coefficient (Wildman–Crippen LogP) is 0.957. The number of pyridine rings is 1. The lowest BCUT2D eigenvalue weighted by atomic mass is 10.3. The maximum Gasteiger partial charge on any atom is 0.211 e. The molecular weight excluding hydrogens is 236 g/mol. The van der Waals surface area contributed by atoms with E-state index in [1.165, 1.54) is 0 Å². The average Bonchev–Trinajstić information content (AvgIpc) is 2.34. The second-order valence-corrected chi connectivity index (χ2v) is 5.52. The molecule has 0 fully saturated rings. The molecule has 1 N–H and O–H groups in total. The van der Waals surface area contributed by atoms with Crippen molar-refractivity contribution in [1.82, 2.24) is 9.71 Å². The van der Waals surface area contributed by atoms with Crippen LogP contribution >= 0.6 is 0 Å². The van der Waals surface area contributed by atoms with Gasteiger partial charge in [0.25, 0.3) is 0 Å². The van der Waals surface area contributed by atoms with E-state index in [2.05, 4.69) is 15.6 Å². The Kier molecular flexibility index (Phi) is 5.67. The smallest absolute Gasteiger partial charge is 0.211 e. The predicted molar refractivity (Wildman–Crippen MR) is 67.8 cm³/mol. The fourth-order valence-corrected chi connectivity index (χ4v) is 2.35.